The highest BCUT2D eigenvalue weighted by molar-refractivity contribution is 5.80. The van der Waals surface area contributed by atoms with E-state index in [1.54, 1.807) is 0 Å². The lowest BCUT2D eigenvalue weighted by atomic mass is 10.00. The van der Waals surface area contributed by atoms with Crippen molar-refractivity contribution in [2.45, 2.75) is 263 Å². The minimum Gasteiger partial charge on any atom is -0.394 e. The molecule has 0 rings (SSSR count). The smallest absolute Gasteiger partial charge is 0.249 e. The first-order valence-corrected chi connectivity index (χ1v) is 24.5. The summed E-state index contributed by atoms with van der Waals surface area (Å²) in [5.41, 5.74) is 0. The number of allylic oxidation sites excluding steroid dienone is 8. The molecule has 4 unspecified atom stereocenters. The second-order valence-electron chi connectivity index (χ2n) is 16.8. The molecule has 57 heavy (non-hydrogen) atoms. The highest BCUT2D eigenvalue weighted by atomic mass is 16.3. The molecule has 0 aromatic heterocycles. The standard InChI is InChI=1S/C51H95NO5/c1-3-5-7-9-11-13-14-15-16-17-18-19-20-21-22-23-24-25-26-27-28-29-30-31-32-33-34-35-37-39-41-43-45-49(55)51(57)52-47(46-53)50(56)48(54)44-42-40-38-36-12-10-8-6-4-2/h6,8,18-19,21-22,36,38,47-50,53-56H,3-5,7,9-17,20,23-35,37,39-46H2,1-2H3,(H,52,57)/b8-6+,19-18-,22-21-,38-36+. The van der Waals surface area contributed by atoms with Crippen LogP contribution in [0.4, 0.5) is 0 Å². The highest BCUT2D eigenvalue weighted by Gasteiger charge is 2.28. The van der Waals surface area contributed by atoms with Gasteiger partial charge in [0.25, 0.3) is 0 Å². The fourth-order valence-electron chi connectivity index (χ4n) is 7.40. The molecule has 334 valence electrons. The summed E-state index contributed by atoms with van der Waals surface area (Å²) >= 11 is 0. The largest absolute Gasteiger partial charge is 0.394 e. The number of amides is 1. The van der Waals surface area contributed by atoms with Crippen molar-refractivity contribution in [1.82, 2.24) is 5.32 Å². The average molecular weight is 802 g/mol. The van der Waals surface area contributed by atoms with Crippen LogP contribution in [0, 0.1) is 0 Å². The lowest BCUT2D eigenvalue weighted by Gasteiger charge is -2.27. The number of aliphatic hydroxyl groups is 4. The molecule has 0 aromatic carbocycles. The van der Waals surface area contributed by atoms with E-state index in [9.17, 15) is 25.2 Å². The van der Waals surface area contributed by atoms with Gasteiger partial charge in [-0.1, -0.05) is 210 Å². The summed E-state index contributed by atoms with van der Waals surface area (Å²) < 4.78 is 0. The fourth-order valence-corrected chi connectivity index (χ4v) is 7.40. The van der Waals surface area contributed by atoms with E-state index in [0.29, 0.717) is 19.3 Å². The third kappa shape index (κ3) is 39.5. The number of hydrogen-bond acceptors (Lipinski definition) is 5. The van der Waals surface area contributed by atoms with Crippen molar-refractivity contribution in [3.8, 4) is 0 Å². The summed E-state index contributed by atoms with van der Waals surface area (Å²) in [6.07, 6.45) is 56.3. The van der Waals surface area contributed by atoms with E-state index in [-0.39, 0.29) is 0 Å². The molecule has 0 fully saturated rings. The van der Waals surface area contributed by atoms with Gasteiger partial charge < -0.3 is 25.7 Å². The van der Waals surface area contributed by atoms with Crippen molar-refractivity contribution in [3.05, 3.63) is 48.6 Å². The number of carbonyl (C=O) groups excluding carboxylic acids is 1. The molecule has 1 amide bonds. The summed E-state index contributed by atoms with van der Waals surface area (Å²) in [6, 6.07) is -1.01. The van der Waals surface area contributed by atoms with Gasteiger partial charge in [0.1, 0.15) is 12.2 Å². The lowest BCUT2D eigenvalue weighted by Crippen LogP contribution is -2.53. The van der Waals surface area contributed by atoms with Gasteiger partial charge in [-0.05, 0) is 77.0 Å². The molecular weight excluding hydrogens is 707 g/mol. The van der Waals surface area contributed by atoms with Gasteiger partial charge in [-0.25, -0.2) is 0 Å². The average Bonchev–Trinajstić information content (AvgIpc) is 3.22. The Hall–Kier alpha value is -1.73. The monoisotopic (exact) mass is 802 g/mol. The molecule has 0 aliphatic carbocycles. The molecule has 0 bridgehead atoms. The number of unbranched alkanes of at least 4 members (excludes halogenated alkanes) is 27. The van der Waals surface area contributed by atoms with Gasteiger partial charge >= 0.3 is 0 Å². The van der Waals surface area contributed by atoms with Crippen LogP contribution in [0.3, 0.4) is 0 Å². The Balaban J connectivity index is 3.57. The predicted octanol–water partition coefficient (Wildman–Crippen LogP) is 13.5. The Morgan fingerprint density at radius 1 is 0.456 bits per heavy atom. The maximum atomic E-state index is 12.5. The minimum absolute atomic E-state index is 0.359. The normalized spacial score (nSPS) is 14.4. The first-order valence-electron chi connectivity index (χ1n) is 24.5. The SMILES string of the molecule is CC/C=C/CC/C=C/CCCC(O)C(O)C(CO)NC(=O)C(O)CCCCCCCCCCCCCCCCCC/C=C\C/C=C\CCCCCCCCCCC. The second-order valence-corrected chi connectivity index (χ2v) is 16.8. The van der Waals surface area contributed by atoms with Gasteiger partial charge in [-0.3, -0.25) is 4.79 Å². The molecular formula is C51H95NO5. The van der Waals surface area contributed by atoms with Gasteiger partial charge in [0, 0.05) is 0 Å². The van der Waals surface area contributed by atoms with Crippen LogP contribution in [0.2, 0.25) is 0 Å². The molecule has 6 nitrogen and oxygen atoms in total. The predicted molar refractivity (Wildman–Crippen MR) is 247 cm³/mol. The van der Waals surface area contributed by atoms with Crippen LogP contribution >= 0.6 is 0 Å². The molecule has 6 heteroatoms. The number of nitrogens with one attached hydrogen (secondary N) is 1. The molecule has 0 saturated heterocycles. The van der Waals surface area contributed by atoms with E-state index in [0.717, 1.165) is 51.4 Å². The van der Waals surface area contributed by atoms with Crippen LogP contribution in [0.25, 0.3) is 0 Å². The van der Waals surface area contributed by atoms with Gasteiger partial charge in [0.15, 0.2) is 0 Å². The molecule has 0 heterocycles. The molecule has 4 atom stereocenters. The van der Waals surface area contributed by atoms with Crippen molar-refractivity contribution in [2.75, 3.05) is 6.61 Å². The van der Waals surface area contributed by atoms with Gasteiger partial charge in [0.2, 0.25) is 5.91 Å². The van der Waals surface area contributed by atoms with Crippen LogP contribution in [0.1, 0.15) is 239 Å². The zero-order valence-corrected chi connectivity index (χ0v) is 37.6. The zero-order valence-electron chi connectivity index (χ0n) is 37.6. The topological polar surface area (TPSA) is 110 Å². The summed E-state index contributed by atoms with van der Waals surface area (Å²) in [4.78, 5) is 12.5. The number of carbonyl (C=O) groups is 1. The van der Waals surface area contributed by atoms with E-state index in [4.69, 9.17) is 0 Å². The molecule has 0 radical (unpaired) electrons. The van der Waals surface area contributed by atoms with E-state index in [2.05, 4.69) is 67.8 Å². The van der Waals surface area contributed by atoms with Crippen molar-refractivity contribution in [2.24, 2.45) is 0 Å². The van der Waals surface area contributed by atoms with Gasteiger partial charge in [-0.2, -0.15) is 0 Å². The number of hydrogen-bond donors (Lipinski definition) is 5. The summed E-state index contributed by atoms with van der Waals surface area (Å²) in [5.74, 6) is -0.600. The van der Waals surface area contributed by atoms with Crippen LogP contribution in [0.5, 0.6) is 0 Å². The summed E-state index contributed by atoms with van der Waals surface area (Å²) in [5, 5.41) is 43.5. The Morgan fingerprint density at radius 3 is 1.30 bits per heavy atom. The maximum absolute atomic E-state index is 12.5. The molecule has 5 N–H and O–H groups in total. The van der Waals surface area contributed by atoms with Gasteiger partial charge in [0.05, 0.1) is 18.8 Å². The third-order valence-corrected chi connectivity index (χ3v) is 11.3. The van der Waals surface area contributed by atoms with Gasteiger partial charge in [-0.15, -0.1) is 0 Å². The molecule has 0 saturated carbocycles. The van der Waals surface area contributed by atoms with E-state index in [1.165, 1.54) is 154 Å². The zero-order chi connectivity index (χ0) is 41.7. The number of aliphatic hydroxyl groups excluding tert-OH is 4. The summed E-state index contributed by atoms with van der Waals surface area (Å²) in [7, 11) is 0. The van der Waals surface area contributed by atoms with E-state index in [1.807, 2.05) is 0 Å². The van der Waals surface area contributed by atoms with Crippen molar-refractivity contribution in [1.29, 1.82) is 0 Å². The number of rotatable bonds is 44. The molecule has 0 aliphatic heterocycles. The van der Waals surface area contributed by atoms with E-state index < -0.39 is 36.9 Å². The van der Waals surface area contributed by atoms with Crippen molar-refractivity contribution >= 4 is 5.91 Å². The Morgan fingerprint density at radius 2 is 0.842 bits per heavy atom. The first kappa shape index (κ1) is 55.3. The quantitative estimate of drug-likeness (QED) is 0.0311. The van der Waals surface area contributed by atoms with Crippen LogP contribution in [-0.2, 0) is 4.79 Å². The highest BCUT2D eigenvalue weighted by Crippen LogP contribution is 2.16. The van der Waals surface area contributed by atoms with Crippen LogP contribution in [0.15, 0.2) is 48.6 Å². The Bertz CT molecular complexity index is 946. The molecule has 0 aliphatic rings. The first-order chi connectivity index (χ1) is 28.0. The van der Waals surface area contributed by atoms with Crippen LogP contribution < -0.4 is 5.32 Å². The fraction of sp³-hybridized carbons (Fsp3) is 0.824. The molecule has 0 spiro atoms. The van der Waals surface area contributed by atoms with Crippen LogP contribution in [-0.4, -0.2) is 57.3 Å². The molecule has 0 aromatic rings. The van der Waals surface area contributed by atoms with Crippen molar-refractivity contribution < 1.29 is 25.2 Å². The third-order valence-electron chi connectivity index (χ3n) is 11.3. The second kappa shape index (κ2) is 45.4. The minimum atomic E-state index is -1.29. The van der Waals surface area contributed by atoms with Crippen molar-refractivity contribution in [3.63, 3.8) is 0 Å². The maximum Gasteiger partial charge on any atom is 0.249 e. The van der Waals surface area contributed by atoms with E-state index >= 15 is 0 Å². The summed E-state index contributed by atoms with van der Waals surface area (Å²) in [6.45, 7) is 3.90. The Labute approximate surface area is 353 Å². The Kier molecular flexibility index (Phi) is 44.0. The lowest BCUT2D eigenvalue weighted by molar-refractivity contribution is -0.132.